The lowest BCUT2D eigenvalue weighted by molar-refractivity contribution is -0.389. The third kappa shape index (κ3) is 3.08. The van der Waals surface area contributed by atoms with Crippen LogP contribution >= 0.6 is 0 Å². The number of carbonyl (C=O) groups is 1. The number of nitrogens with zero attached hydrogens (tertiary/aromatic N) is 4. The first-order valence-electron chi connectivity index (χ1n) is 7.56. The molecular formula is C14H20N4O5. The van der Waals surface area contributed by atoms with Gasteiger partial charge in [0.15, 0.2) is 0 Å². The zero-order valence-corrected chi connectivity index (χ0v) is 13.4. The van der Waals surface area contributed by atoms with Crippen molar-refractivity contribution in [3.05, 3.63) is 16.3 Å². The molecule has 126 valence electrons. The third-order valence-electron chi connectivity index (χ3n) is 4.01. The van der Waals surface area contributed by atoms with Crippen molar-refractivity contribution in [3.63, 3.8) is 0 Å². The molecule has 0 bridgehead atoms. The van der Waals surface area contributed by atoms with E-state index in [1.165, 1.54) is 6.20 Å². The minimum Gasteiger partial charge on any atom is -0.444 e. The number of carbonyl (C=O) groups excluding carboxylic acids is 1. The van der Waals surface area contributed by atoms with E-state index < -0.39 is 16.1 Å². The number of nitro groups is 1. The maximum absolute atomic E-state index is 12.1. The summed E-state index contributed by atoms with van der Waals surface area (Å²) in [5.74, 6) is -0.207. The fraction of sp³-hybridized carbons (Fsp3) is 0.714. The van der Waals surface area contributed by atoms with Gasteiger partial charge in [0.05, 0.1) is 6.54 Å². The predicted molar refractivity (Wildman–Crippen MR) is 79.3 cm³/mol. The largest absolute Gasteiger partial charge is 0.444 e. The smallest absolute Gasteiger partial charge is 0.415 e. The average molecular weight is 324 g/mol. The molecule has 2 aliphatic rings. The minimum absolute atomic E-state index is 0.207. The molecule has 1 saturated heterocycles. The summed E-state index contributed by atoms with van der Waals surface area (Å²) in [4.78, 5) is 27.8. The van der Waals surface area contributed by atoms with Crippen LogP contribution in [0.2, 0.25) is 0 Å². The average Bonchev–Trinajstić information content (AvgIpc) is 2.93. The Balaban J connectivity index is 1.60. The number of hydrogen-bond acceptors (Lipinski definition) is 6. The van der Waals surface area contributed by atoms with Gasteiger partial charge >= 0.3 is 17.9 Å². The van der Waals surface area contributed by atoms with Crippen LogP contribution in [0.3, 0.4) is 0 Å². The van der Waals surface area contributed by atoms with Crippen molar-refractivity contribution < 1.29 is 19.2 Å². The number of amides is 1. The Morgan fingerprint density at radius 2 is 2.09 bits per heavy atom. The van der Waals surface area contributed by atoms with Gasteiger partial charge in [-0.15, -0.1) is 0 Å². The second kappa shape index (κ2) is 5.10. The molecular weight excluding hydrogens is 304 g/mol. The fourth-order valence-corrected chi connectivity index (χ4v) is 2.89. The highest BCUT2D eigenvalue weighted by Crippen LogP contribution is 2.37. The van der Waals surface area contributed by atoms with Crippen LogP contribution in [0.4, 0.5) is 10.6 Å². The number of aromatic nitrogens is 2. The van der Waals surface area contributed by atoms with Crippen LogP contribution < -0.4 is 4.74 Å². The highest BCUT2D eigenvalue weighted by Gasteiger charge is 2.46. The Bertz CT molecular complexity index is 615. The van der Waals surface area contributed by atoms with Gasteiger partial charge in [0.1, 0.15) is 17.4 Å². The van der Waals surface area contributed by atoms with Gasteiger partial charge in [0, 0.05) is 30.9 Å². The summed E-state index contributed by atoms with van der Waals surface area (Å²) in [6.07, 6.45) is 2.36. The predicted octanol–water partition coefficient (Wildman–Crippen LogP) is 1.95. The first kappa shape index (κ1) is 15.6. The van der Waals surface area contributed by atoms with Crippen LogP contribution in [-0.2, 0) is 11.3 Å². The Morgan fingerprint density at radius 1 is 1.43 bits per heavy atom. The van der Waals surface area contributed by atoms with E-state index in [4.69, 9.17) is 9.47 Å². The van der Waals surface area contributed by atoms with E-state index in [0.29, 0.717) is 32.5 Å². The van der Waals surface area contributed by atoms with Gasteiger partial charge in [0.25, 0.3) is 0 Å². The molecule has 0 unspecified atom stereocenters. The van der Waals surface area contributed by atoms with E-state index in [-0.39, 0.29) is 17.9 Å². The summed E-state index contributed by atoms with van der Waals surface area (Å²) in [7, 11) is 0. The van der Waals surface area contributed by atoms with Crippen molar-refractivity contribution in [2.45, 2.75) is 51.4 Å². The van der Waals surface area contributed by atoms with Crippen LogP contribution in [0.1, 0.15) is 33.6 Å². The minimum atomic E-state index is -0.535. The molecule has 1 fully saturated rings. The maximum Gasteiger partial charge on any atom is 0.415 e. The first-order valence-corrected chi connectivity index (χ1v) is 7.56. The van der Waals surface area contributed by atoms with E-state index in [1.54, 1.807) is 9.47 Å². The molecule has 0 N–H and O–H groups in total. The first-order chi connectivity index (χ1) is 10.7. The number of hydrogen-bond donors (Lipinski definition) is 0. The number of ether oxygens (including phenoxy) is 2. The van der Waals surface area contributed by atoms with E-state index in [2.05, 4.69) is 4.98 Å². The zero-order valence-electron chi connectivity index (χ0n) is 13.4. The molecule has 0 atom stereocenters. The fourth-order valence-electron chi connectivity index (χ4n) is 2.89. The Hall–Kier alpha value is -2.32. The highest BCUT2D eigenvalue weighted by molar-refractivity contribution is 5.68. The van der Waals surface area contributed by atoms with Gasteiger partial charge in [-0.2, -0.15) is 0 Å². The van der Waals surface area contributed by atoms with Gasteiger partial charge in [0.2, 0.25) is 0 Å². The molecule has 0 aromatic carbocycles. The molecule has 3 heterocycles. The molecule has 1 aromatic rings. The molecule has 0 saturated carbocycles. The second-order valence-electron chi connectivity index (χ2n) is 7.02. The topological polar surface area (TPSA) is 99.7 Å². The van der Waals surface area contributed by atoms with Crippen molar-refractivity contribution in [2.24, 2.45) is 0 Å². The summed E-state index contributed by atoms with van der Waals surface area (Å²) >= 11 is 0. The Kier molecular flexibility index (Phi) is 3.46. The monoisotopic (exact) mass is 324 g/mol. The molecule has 23 heavy (non-hydrogen) atoms. The van der Waals surface area contributed by atoms with Gasteiger partial charge in [-0.25, -0.2) is 4.79 Å². The van der Waals surface area contributed by atoms with E-state index >= 15 is 0 Å². The SMILES string of the molecule is CC(C)(C)OC(=O)N1CCC2(CC1)Cn1cc([N+](=O)[O-])nc1O2. The summed E-state index contributed by atoms with van der Waals surface area (Å²) in [6.45, 7) is 7.09. The molecule has 0 radical (unpaired) electrons. The quantitative estimate of drug-likeness (QED) is 0.578. The van der Waals surface area contributed by atoms with E-state index in [1.807, 2.05) is 20.8 Å². The van der Waals surface area contributed by atoms with Crippen molar-refractivity contribution in [1.29, 1.82) is 0 Å². The lowest BCUT2D eigenvalue weighted by Crippen LogP contribution is -2.50. The van der Waals surface area contributed by atoms with Crippen molar-refractivity contribution in [3.8, 4) is 6.01 Å². The summed E-state index contributed by atoms with van der Waals surface area (Å²) in [6, 6.07) is 0.280. The summed E-state index contributed by atoms with van der Waals surface area (Å²) in [5, 5.41) is 10.7. The lowest BCUT2D eigenvalue weighted by atomic mass is 9.91. The van der Waals surface area contributed by atoms with Crippen LogP contribution in [0.15, 0.2) is 6.20 Å². The van der Waals surface area contributed by atoms with Gasteiger partial charge in [-0.1, -0.05) is 0 Å². The highest BCUT2D eigenvalue weighted by atomic mass is 16.6. The van der Waals surface area contributed by atoms with Crippen LogP contribution in [0, 0.1) is 10.1 Å². The maximum atomic E-state index is 12.1. The van der Waals surface area contributed by atoms with E-state index in [9.17, 15) is 14.9 Å². The number of rotatable bonds is 1. The number of piperidine rings is 1. The molecule has 0 aliphatic carbocycles. The lowest BCUT2D eigenvalue weighted by Gasteiger charge is -2.37. The molecule has 9 nitrogen and oxygen atoms in total. The second-order valence-corrected chi connectivity index (χ2v) is 7.02. The zero-order chi connectivity index (χ0) is 16.8. The van der Waals surface area contributed by atoms with E-state index in [0.717, 1.165) is 0 Å². The summed E-state index contributed by atoms with van der Waals surface area (Å²) < 4.78 is 12.9. The van der Waals surface area contributed by atoms with Crippen LogP contribution in [-0.4, -0.2) is 49.8 Å². The van der Waals surface area contributed by atoms with Crippen LogP contribution in [0.25, 0.3) is 0 Å². The van der Waals surface area contributed by atoms with Crippen molar-refractivity contribution in [1.82, 2.24) is 14.5 Å². The molecule has 2 aliphatic heterocycles. The molecule has 9 heteroatoms. The Morgan fingerprint density at radius 3 is 2.61 bits per heavy atom. The molecule has 1 aromatic heterocycles. The standard InChI is InChI=1S/C14H20N4O5/c1-13(2,3)23-12(19)16-6-4-14(5-7-16)9-17-8-10(18(20)21)15-11(17)22-14/h8H,4-7,9H2,1-3H3. The number of fused-ring (bicyclic) bond motifs is 1. The molecule has 1 spiro atoms. The summed E-state index contributed by atoms with van der Waals surface area (Å²) in [5.41, 5.74) is -0.951. The third-order valence-corrected chi connectivity index (χ3v) is 4.01. The van der Waals surface area contributed by atoms with Gasteiger partial charge in [-0.3, -0.25) is 4.57 Å². The van der Waals surface area contributed by atoms with Crippen LogP contribution in [0.5, 0.6) is 6.01 Å². The van der Waals surface area contributed by atoms with Crippen molar-refractivity contribution >= 4 is 11.9 Å². The normalized spacial score (nSPS) is 19.3. The number of likely N-dealkylation sites (tertiary alicyclic amines) is 1. The number of imidazole rings is 1. The molecule has 3 rings (SSSR count). The van der Waals surface area contributed by atoms with Gasteiger partial charge < -0.3 is 24.5 Å². The Labute approximate surface area is 133 Å². The molecule has 1 amide bonds. The van der Waals surface area contributed by atoms with Gasteiger partial charge in [-0.05, 0) is 25.7 Å². The van der Waals surface area contributed by atoms with Crippen molar-refractivity contribution in [2.75, 3.05) is 13.1 Å².